The van der Waals surface area contributed by atoms with E-state index >= 15 is 0 Å². The van der Waals surface area contributed by atoms with Gasteiger partial charge in [0.05, 0.1) is 10.6 Å². The van der Waals surface area contributed by atoms with Crippen molar-refractivity contribution in [2.24, 2.45) is 5.92 Å². The summed E-state index contributed by atoms with van der Waals surface area (Å²) in [6, 6.07) is 20.4. The van der Waals surface area contributed by atoms with Crippen LogP contribution in [0.15, 0.2) is 84.9 Å². The van der Waals surface area contributed by atoms with Gasteiger partial charge in [0, 0.05) is 24.9 Å². The van der Waals surface area contributed by atoms with E-state index in [1.54, 1.807) is 12.1 Å². The number of halogens is 5. The number of carboxylic acids is 1. The van der Waals surface area contributed by atoms with Crippen molar-refractivity contribution in [2.45, 2.75) is 69.8 Å². The van der Waals surface area contributed by atoms with Gasteiger partial charge in [-0.3, -0.25) is 9.59 Å². The van der Waals surface area contributed by atoms with Gasteiger partial charge in [0.25, 0.3) is 0 Å². The maximum Gasteiger partial charge on any atom is 0.416 e. The van der Waals surface area contributed by atoms with Crippen molar-refractivity contribution >= 4 is 29.4 Å². The third-order valence-electron chi connectivity index (χ3n) is 9.79. The fraction of sp³-hybridized carbons (Fsp3) is 0.325. The average Bonchev–Trinajstić information content (AvgIpc) is 3.64. The fourth-order valence-corrected chi connectivity index (χ4v) is 7.28. The quantitative estimate of drug-likeness (QED) is 0.151. The van der Waals surface area contributed by atoms with Crippen molar-refractivity contribution in [3.63, 3.8) is 0 Å². The number of nitrogens with zero attached hydrogens (tertiary/aromatic N) is 1. The number of carbonyl (C=O) groups is 3. The van der Waals surface area contributed by atoms with Gasteiger partial charge in [-0.05, 0) is 77.3 Å². The molecule has 1 saturated carbocycles. The summed E-state index contributed by atoms with van der Waals surface area (Å²) in [5.74, 6) is -2.92. The SMILES string of the molecule is O=C(N[C@@H](Cc1ccc(-c2ccccc2)cc1)C(=O)O)C1c2cc(OCc3cc(C(F)(F)F)cc(Cl)c3F)ccc2CCN1C(=O)CC1CCCC1. The molecule has 0 aromatic heterocycles. The molecule has 2 atom stereocenters. The summed E-state index contributed by atoms with van der Waals surface area (Å²) in [7, 11) is 0. The van der Waals surface area contributed by atoms with Gasteiger partial charge in [-0.25, -0.2) is 9.18 Å². The highest BCUT2D eigenvalue weighted by Crippen LogP contribution is 2.37. The van der Waals surface area contributed by atoms with Crippen LogP contribution >= 0.6 is 11.6 Å². The van der Waals surface area contributed by atoms with Crippen molar-refractivity contribution in [1.29, 1.82) is 0 Å². The topological polar surface area (TPSA) is 95.9 Å². The number of hydrogen-bond donors (Lipinski definition) is 2. The second-order valence-electron chi connectivity index (χ2n) is 13.3. The molecule has 2 aliphatic rings. The van der Waals surface area contributed by atoms with Crippen LogP contribution in [0.25, 0.3) is 11.1 Å². The molecule has 1 fully saturated rings. The summed E-state index contributed by atoms with van der Waals surface area (Å²) in [5, 5.41) is 12.1. The number of nitrogens with one attached hydrogen (secondary N) is 1. The molecule has 4 aromatic rings. The van der Waals surface area contributed by atoms with Crippen molar-refractivity contribution < 1.29 is 41.8 Å². The van der Waals surface area contributed by atoms with Crippen LogP contribution in [0, 0.1) is 11.7 Å². The molecular weight excluding hydrogens is 700 g/mol. The molecule has 4 aromatic carbocycles. The maximum atomic E-state index is 14.7. The fourth-order valence-electron chi connectivity index (χ4n) is 7.04. The summed E-state index contributed by atoms with van der Waals surface area (Å²) in [6.45, 7) is -0.372. The van der Waals surface area contributed by atoms with Crippen LogP contribution in [0.5, 0.6) is 5.75 Å². The van der Waals surface area contributed by atoms with Crippen molar-refractivity contribution in [2.75, 3.05) is 6.54 Å². The predicted octanol–water partition coefficient (Wildman–Crippen LogP) is 8.56. The Morgan fingerprint density at radius 2 is 1.63 bits per heavy atom. The molecule has 1 aliphatic heterocycles. The van der Waals surface area contributed by atoms with E-state index in [-0.39, 0.29) is 37.0 Å². The van der Waals surface area contributed by atoms with E-state index in [1.807, 2.05) is 54.6 Å². The molecule has 1 heterocycles. The van der Waals surface area contributed by atoms with Gasteiger partial charge in [0.2, 0.25) is 11.8 Å². The Morgan fingerprint density at radius 1 is 0.942 bits per heavy atom. The van der Waals surface area contributed by atoms with Crippen molar-refractivity contribution in [3.05, 3.63) is 124 Å². The molecule has 7 nitrogen and oxygen atoms in total. The number of aliphatic carboxylic acids is 1. The minimum atomic E-state index is -4.76. The van der Waals surface area contributed by atoms with Crippen LogP contribution in [0.4, 0.5) is 17.6 Å². The molecule has 0 radical (unpaired) electrons. The summed E-state index contributed by atoms with van der Waals surface area (Å²) >= 11 is 5.75. The normalized spacial score (nSPS) is 16.6. The Hall–Kier alpha value is -4.90. The zero-order chi connectivity index (χ0) is 37.0. The zero-order valence-corrected chi connectivity index (χ0v) is 28.9. The lowest BCUT2D eigenvalue weighted by Crippen LogP contribution is -2.51. The number of carbonyl (C=O) groups excluding carboxylic acids is 2. The minimum absolute atomic E-state index is 0.0139. The van der Waals surface area contributed by atoms with Crippen molar-refractivity contribution in [3.8, 4) is 16.9 Å². The number of hydrogen-bond acceptors (Lipinski definition) is 4. The standard InChI is InChI=1S/C40H37ClF4N2O5/c41-33-21-30(40(43,44)45)20-29(36(33)42)23-52-31-15-14-28-16-17-47(35(48)19-24-6-4-5-7-24)37(32(28)22-31)38(49)46-34(39(50)51)18-25-10-12-27(13-11-25)26-8-2-1-3-9-26/h1-3,8-15,20-22,24,34,37H,4-7,16-19,23H2,(H,46,49)(H,50,51)/t34-,37?/m0/s1. The van der Waals surface area contributed by atoms with Crippen LogP contribution < -0.4 is 10.1 Å². The van der Waals surface area contributed by atoms with E-state index < -0.39 is 58.7 Å². The number of ether oxygens (including phenoxy) is 1. The largest absolute Gasteiger partial charge is 0.489 e. The minimum Gasteiger partial charge on any atom is -0.489 e. The number of amides is 2. The number of fused-ring (bicyclic) bond motifs is 1. The summed E-state index contributed by atoms with van der Waals surface area (Å²) in [4.78, 5) is 41.9. The number of rotatable bonds is 11. The zero-order valence-electron chi connectivity index (χ0n) is 28.1. The first kappa shape index (κ1) is 36.9. The van der Waals surface area contributed by atoms with Crippen molar-refractivity contribution in [1.82, 2.24) is 10.2 Å². The summed E-state index contributed by atoms with van der Waals surface area (Å²) in [5.41, 5.74) is 2.20. The van der Waals surface area contributed by atoms with Crippen LogP contribution in [0.1, 0.15) is 66.0 Å². The van der Waals surface area contributed by atoms with Gasteiger partial charge in [-0.1, -0.05) is 85.1 Å². The van der Waals surface area contributed by atoms with Gasteiger partial charge in [-0.2, -0.15) is 13.2 Å². The van der Waals surface area contributed by atoms with Gasteiger partial charge in [0.1, 0.15) is 30.3 Å². The van der Waals surface area contributed by atoms with Gasteiger partial charge >= 0.3 is 12.1 Å². The molecule has 272 valence electrons. The summed E-state index contributed by atoms with van der Waals surface area (Å²) in [6.07, 6.45) is -0.251. The van der Waals surface area contributed by atoms with Gasteiger partial charge in [0.15, 0.2) is 0 Å². The molecule has 0 saturated heterocycles. The Kier molecular flexibility index (Phi) is 11.2. The van der Waals surface area contributed by atoms with E-state index in [0.29, 0.717) is 35.2 Å². The first-order valence-corrected chi connectivity index (χ1v) is 17.5. The molecule has 2 N–H and O–H groups in total. The Morgan fingerprint density at radius 3 is 2.31 bits per heavy atom. The molecule has 2 amide bonds. The van der Waals surface area contributed by atoms with Gasteiger partial charge in [-0.15, -0.1) is 0 Å². The molecule has 6 rings (SSSR count). The molecule has 0 spiro atoms. The van der Waals surface area contributed by atoms with E-state index in [0.717, 1.165) is 36.8 Å². The maximum absolute atomic E-state index is 14.7. The number of benzene rings is 4. The Labute approximate surface area is 303 Å². The molecule has 1 unspecified atom stereocenters. The van der Waals surface area contributed by atoms with E-state index in [4.69, 9.17) is 16.3 Å². The molecule has 1 aliphatic carbocycles. The predicted molar refractivity (Wildman–Crippen MR) is 187 cm³/mol. The van der Waals surface area contributed by atoms with E-state index in [2.05, 4.69) is 5.32 Å². The highest BCUT2D eigenvalue weighted by Gasteiger charge is 2.39. The molecular formula is C40H37ClF4N2O5. The highest BCUT2D eigenvalue weighted by atomic mass is 35.5. The highest BCUT2D eigenvalue weighted by molar-refractivity contribution is 6.30. The van der Waals surface area contributed by atoms with Gasteiger partial charge < -0.3 is 20.1 Å². The first-order valence-electron chi connectivity index (χ1n) is 17.1. The first-order chi connectivity index (χ1) is 24.9. The van der Waals surface area contributed by atoms with Crippen LogP contribution in [0.3, 0.4) is 0 Å². The van der Waals surface area contributed by atoms with Crippen LogP contribution in [-0.2, 0) is 40.0 Å². The Balaban J connectivity index is 1.26. The second kappa shape index (κ2) is 15.8. The third kappa shape index (κ3) is 8.58. The molecule has 12 heteroatoms. The smallest absolute Gasteiger partial charge is 0.416 e. The second-order valence-corrected chi connectivity index (χ2v) is 13.7. The summed E-state index contributed by atoms with van der Waals surface area (Å²) < 4.78 is 60.7. The van der Waals surface area contributed by atoms with E-state index in [1.165, 1.54) is 11.0 Å². The van der Waals surface area contributed by atoms with Crippen LogP contribution in [0.2, 0.25) is 5.02 Å². The molecule has 0 bridgehead atoms. The third-order valence-corrected chi connectivity index (χ3v) is 10.1. The molecule has 52 heavy (non-hydrogen) atoms. The lowest BCUT2D eigenvalue weighted by Gasteiger charge is -2.37. The average molecular weight is 737 g/mol. The number of alkyl halides is 3. The number of carboxylic acid groups (broad SMARTS) is 1. The lowest BCUT2D eigenvalue weighted by atomic mass is 9.90. The Bertz CT molecular complexity index is 1930. The monoisotopic (exact) mass is 736 g/mol. The van der Waals surface area contributed by atoms with E-state index in [9.17, 15) is 37.1 Å². The van der Waals surface area contributed by atoms with Crippen LogP contribution in [-0.4, -0.2) is 40.4 Å². The lowest BCUT2D eigenvalue weighted by molar-refractivity contribution is -0.145.